The van der Waals surface area contributed by atoms with Crippen LogP contribution in [0.1, 0.15) is 70.6 Å². The first kappa shape index (κ1) is 16.5. The van der Waals surface area contributed by atoms with E-state index in [4.69, 9.17) is 0 Å². The van der Waals surface area contributed by atoms with Crippen molar-refractivity contribution in [3.05, 3.63) is 35.4 Å². The van der Waals surface area contributed by atoms with Gasteiger partial charge in [0.1, 0.15) is 0 Å². The summed E-state index contributed by atoms with van der Waals surface area (Å²) in [4.78, 5) is 2.45. The van der Waals surface area contributed by atoms with Gasteiger partial charge in [0.05, 0.1) is 6.10 Å². The average molecular weight is 289 g/mol. The Balaban J connectivity index is 2.00. The van der Waals surface area contributed by atoms with E-state index in [2.05, 4.69) is 56.9 Å². The summed E-state index contributed by atoms with van der Waals surface area (Å²) in [6.07, 6.45) is 4.90. The molecule has 2 rings (SSSR count). The quantitative estimate of drug-likeness (QED) is 0.874. The zero-order valence-electron chi connectivity index (χ0n) is 14.1. The predicted molar refractivity (Wildman–Crippen MR) is 89.6 cm³/mol. The Morgan fingerprint density at radius 2 is 1.71 bits per heavy atom. The summed E-state index contributed by atoms with van der Waals surface area (Å²) in [7, 11) is 0. The topological polar surface area (TPSA) is 23.5 Å². The molecule has 1 fully saturated rings. The molecule has 0 aliphatic heterocycles. The van der Waals surface area contributed by atoms with E-state index in [9.17, 15) is 5.11 Å². The predicted octanol–water partition coefficient (Wildman–Crippen LogP) is 4.28. The maximum absolute atomic E-state index is 10.5. The molecular formula is C19H31NO. The molecule has 0 heterocycles. The number of hydrogen-bond acceptors (Lipinski definition) is 2. The molecule has 1 aromatic rings. The van der Waals surface area contributed by atoms with E-state index < -0.39 is 0 Å². The monoisotopic (exact) mass is 289 g/mol. The highest BCUT2D eigenvalue weighted by molar-refractivity contribution is 5.28. The molecule has 2 nitrogen and oxygen atoms in total. The van der Waals surface area contributed by atoms with Gasteiger partial charge >= 0.3 is 0 Å². The van der Waals surface area contributed by atoms with Gasteiger partial charge in [-0.15, -0.1) is 0 Å². The van der Waals surface area contributed by atoms with Crippen molar-refractivity contribution >= 4 is 0 Å². The van der Waals surface area contributed by atoms with Gasteiger partial charge in [0.15, 0.2) is 0 Å². The number of nitrogens with zero attached hydrogens (tertiary/aromatic N) is 1. The maximum Gasteiger partial charge on any atom is 0.0917 e. The van der Waals surface area contributed by atoms with Gasteiger partial charge in [0.2, 0.25) is 0 Å². The summed E-state index contributed by atoms with van der Waals surface area (Å²) in [6.45, 7) is 10.7. The summed E-state index contributed by atoms with van der Waals surface area (Å²) >= 11 is 0. The van der Waals surface area contributed by atoms with Crippen molar-refractivity contribution in [2.75, 3.05) is 13.1 Å². The van der Waals surface area contributed by atoms with Gasteiger partial charge in [0.25, 0.3) is 0 Å². The molecule has 1 aromatic carbocycles. The lowest BCUT2D eigenvalue weighted by Crippen LogP contribution is -2.36. The fourth-order valence-electron chi connectivity index (χ4n) is 3.34. The van der Waals surface area contributed by atoms with E-state index in [0.717, 1.165) is 18.7 Å². The minimum absolute atomic E-state index is 0.169. The molecule has 1 aliphatic carbocycles. The summed E-state index contributed by atoms with van der Waals surface area (Å²) in [6, 6.07) is 9.18. The highest BCUT2D eigenvalue weighted by Gasteiger charge is 2.24. The Labute approximate surface area is 130 Å². The van der Waals surface area contributed by atoms with Crippen LogP contribution in [0.5, 0.6) is 0 Å². The Kier molecular flexibility index (Phi) is 5.45. The van der Waals surface area contributed by atoms with Gasteiger partial charge in [-0.25, -0.2) is 0 Å². The molecule has 0 amide bonds. The Morgan fingerprint density at radius 1 is 1.14 bits per heavy atom. The third-order valence-corrected chi connectivity index (χ3v) is 4.82. The molecule has 0 radical (unpaired) electrons. The molecule has 1 aliphatic rings. The highest BCUT2D eigenvalue weighted by atomic mass is 16.3. The smallest absolute Gasteiger partial charge is 0.0917 e. The van der Waals surface area contributed by atoms with Crippen LogP contribution in [-0.4, -0.2) is 29.1 Å². The summed E-state index contributed by atoms with van der Waals surface area (Å²) in [5.74, 6) is 0. The maximum atomic E-state index is 10.5. The summed E-state index contributed by atoms with van der Waals surface area (Å²) in [5, 5.41) is 10.5. The lowest BCUT2D eigenvalue weighted by atomic mass is 9.86. The van der Waals surface area contributed by atoms with Crippen molar-refractivity contribution in [1.29, 1.82) is 0 Å². The lowest BCUT2D eigenvalue weighted by molar-refractivity contribution is 0.0914. The molecule has 118 valence electrons. The van der Waals surface area contributed by atoms with E-state index in [0.29, 0.717) is 6.04 Å². The molecule has 1 atom stereocenters. The van der Waals surface area contributed by atoms with Gasteiger partial charge in [-0.3, -0.25) is 4.90 Å². The van der Waals surface area contributed by atoms with Gasteiger partial charge < -0.3 is 5.11 Å². The third-order valence-electron chi connectivity index (χ3n) is 4.82. The van der Waals surface area contributed by atoms with E-state index in [-0.39, 0.29) is 11.5 Å². The summed E-state index contributed by atoms with van der Waals surface area (Å²) < 4.78 is 0. The first-order valence-electron chi connectivity index (χ1n) is 8.44. The molecule has 1 unspecified atom stereocenters. The number of likely N-dealkylation sites (N-methyl/N-ethyl adjacent to an activating group) is 1. The zero-order chi connectivity index (χ0) is 15.5. The minimum atomic E-state index is -0.375. The van der Waals surface area contributed by atoms with E-state index in [1.54, 1.807) is 0 Å². The first-order valence-corrected chi connectivity index (χ1v) is 8.44. The Bertz CT molecular complexity index is 426. The zero-order valence-corrected chi connectivity index (χ0v) is 14.1. The van der Waals surface area contributed by atoms with Crippen LogP contribution in [0.4, 0.5) is 0 Å². The van der Waals surface area contributed by atoms with Gasteiger partial charge in [0, 0.05) is 12.6 Å². The molecule has 2 heteroatoms. The van der Waals surface area contributed by atoms with Crippen molar-refractivity contribution in [3.63, 3.8) is 0 Å². The highest BCUT2D eigenvalue weighted by Crippen LogP contribution is 2.27. The molecule has 21 heavy (non-hydrogen) atoms. The molecule has 1 saturated carbocycles. The molecule has 0 aromatic heterocycles. The second kappa shape index (κ2) is 6.93. The second-order valence-corrected chi connectivity index (χ2v) is 7.41. The fraction of sp³-hybridized carbons (Fsp3) is 0.684. The lowest BCUT2D eigenvalue weighted by Gasteiger charge is -2.29. The number of rotatable bonds is 5. The second-order valence-electron chi connectivity index (χ2n) is 7.41. The van der Waals surface area contributed by atoms with Crippen LogP contribution in [0.2, 0.25) is 0 Å². The van der Waals surface area contributed by atoms with Crippen molar-refractivity contribution < 1.29 is 5.11 Å². The first-order chi connectivity index (χ1) is 9.91. The summed E-state index contributed by atoms with van der Waals surface area (Å²) in [5.41, 5.74) is 2.53. The number of aliphatic hydroxyl groups excluding tert-OH is 1. The van der Waals surface area contributed by atoms with Crippen LogP contribution in [0, 0.1) is 0 Å². The Morgan fingerprint density at radius 3 is 2.19 bits per heavy atom. The van der Waals surface area contributed by atoms with E-state index >= 15 is 0 Å². The van der Waals surface area contributed by atoms with Crippen LogP contribution >= 0.6 is 0 Å². The molecule has 0 spiro atoms. The number of hydrogen-bond donors (Lipinski definition) is 1. The number of aliphatic hydroxyl groups is 1. The van der Waals surface area contributed by atoms with Gasteiger partial charge in [-0.05, 0) is 35.9 Å². The van der Waals surface area contributed by atoms with Crippen molar-refractivity contribution in [2.45, 2.75) is 70.9 Å². The van der Waals surface area contributed by atoms with Crippen LogP contribution < -0.4 is 0 Å². The SMILES string of the molecule is CCN(CC(O)c1ccc(C(C)(C)C)cc1)C1CCCC1. The van der Waals surface area contributed by atoms with Crippen molar-refractivity contribution in [1.82, 2.24) is 4.90 Å². The molecule has 1 N–H and O–H groups in total. The van der Waals surface area contributed by atoms with E-state index in [1.807, 2.05) is 0 Å². The van der Waals surface area contributed by atoms with Crippen LogP contribution in [-0.2, 0) is 5.41 Å². The normalized spacial score (nSPS) is 18.4. The minimum Gasteiger partial charge on any atom is -0.387 e. The van der Waals surface area contributed by atoms with Crippen LogP contribution in [0.3, 0.4) is 0 Å². The number of benzene rings is 1. The van der Waals surface area contributed by atoms with Crippen LogP contribution in [0.25, 0.3) is 0 Å². The van der Waals surface area contributed by atoms with E-state index in [1.165, 1.54) is 31.2 Å². The van der Waals surface area contributed by atoms with Crippen molar-refractivity contribution in [2.24, 2.45) is 0 Å². The van der Waals surface area contributed by atoms with Crippen LogP contribution in [0.15, 0.2) is 24.3 Å². The average Bonchev–Trinajstić information content (AvgIpc) is 2.97. The van der Waals surface area contributed by atoms with Crippen molar-refractivity contribution in [3.8, 4) is 0 Å². The Hall–Kier alpha value is -0.860. The standard InChI is InChI=1S/C19H31NO/c1-5-20(17-8-6-7-9-17)14-18(21)15-10-12-16(13-11-15)19(2,3)4/h10-13,17-18,21H,5-9,14H2,1-4H3. The fourth-order valence-corrected chi connectivity index (χ4v) is 3.34. The molecule has 0 bridgehead atoms. The molecule has 0 saturated heterocycles. The van der Waals surface area contributed by atoms with Gasteiger partial charge in [-0.2, -0.15) is 0 Å². The molecular weight excluding hydrogens is 258 g/mol. The largest absolute Gasteiger partial charge is 0.387 e. The third kappa shape index (κ3) is 4.31. The van der Waals surface area contributed by atoms with Gasteiger partial charge in [-0.1, -0.05) is 64.8 Å².